The van der Waals surface area contributed by atoms with Crippen molar-refractivity contribution in [3.8, 4) is 11.3 Å². The molecule has 1 aliphatic rings. The largest absolute Gasteiger partial charge is 0.620 e. The van der Waals surface area contributed by atoms with Gasteiger partial charge < -0.3 is 15.6 Å². The van der Waals surface area contributed by atoms with E-state index in [0.29, 0.717) is 34.9 Å². The van der Waals surface area contributed by atoms with Crippen molar-refractivity contribution in [2.75, 3.05) is 18.6 Å². The number of fused-ring (bicyclic) bond motifs is 1. The van der Waals surface area contributed by atoms with E-state index in [1.165, 1.54) is 12.1 Å². The molecule has 0 spiro atoms. The third-order valence-electron chi connectivity index (χ3n) is 5.86. The summed E-state index contributed by atoms with van der Waals surface area (Å²) in [4.78, 5) is 9.35. The minimum Gasteiger partial charge on any atom is -0.620 e. The van der Waals surface area contributed by atoms with E-state index in [9.17, 15) is 14.7 Å². The summed E-state index contributed by atoms with van der Waals surface area (Å²) in [6.07, 6.45) is 0. The molecule has 0 saturated heterocycles. The molecule has 8 heteroatoms. The highest BCUT2D eigenvalue weighted by atomic mass is 19.1. The minimum absolute atomic E-state index is 0.110. The Balaban J connectivity index is 2.00. The molecule has 0 bridgehead atoms. The summed E-state index contributed by atoms with van der Waals surface area (Å²) < 4.78 is 13.0. The second-order valence-corrected chi connectivity index (χ2v) is 8.45. The molecule has 0 radical (unpaired) electrons. The number of hydrogen-bond donors (Lipinski definition) is 3. The monoisotopic (exact) mass is 437 g/mol. The van der Waals surface area contributed by atoms with E-state index in [1.54, 1.807) is 13.0 Å². The molecule has 2 heterocycles. The van der Waals surface area contributed by atoms with Gasteiger partial charge in [-0.15, -0.1) is 0 Å². The number of aliphatic hydroxyl groups excluding tert-OH is 1. The van der Waals surface area contributed by atoms with Crippen LogP contribution in [0.15, 0.2) is 36.4 Å². The van der Waals surface area contributed by atoms with Gasteiger partial charge in [0.1, 0.15) is 18.2 Å². The molecule has 3 N–H and O–H groups in total. The summed E-state index contributed by atoms with van der Waals surface area (Å²) in [7, 11) is 0. The van der Waals surface area contributed by atoms with Gasteiger partial charge in [-0.3, -0.25) is 9.96 Å². The van der Waals surface area contributed by atoms with E-state index in [1.807, 2.05) is 39.0 Å². The van der Waals surface area contributed by atoms with Crippen LogP contribution < -0.4 is 15.3 Å². The van der Waals surface area contributed by atoms with Crippen molar-refractivity contribution in [3.05, 3.63) is 69.7 Å². The summed E-state index contributed by atoms with van der Waals surface area (Å²) in [6, 6.07) is 10.0. The van der Waals surface area contributed by atoms with Gasteiger partial charge in [-0.25, -0.2) is 9.37 Å². The van der Waals surface area contributed by atoms with E-state index in [-0.39, 0.29) is 31.1 Å². The third-order valence-corrected chi connectivity index (χ3v) is 5.86. The summed E-state index contributed by atoms with van der Waals surface area (Å²) in [6.45, 7) is 7.91. The Bertz CT molecular complexity index is 1150. The fourth-order valence-corrected chi connectivity index (χ4v) is 4.35. The molecule has 2 aromatic carbocycles. The van der Waals surface area contributed by atoms with Gasteiger partial charge >= 0.3 is 0 Å². The first-order chi connectivity index (χ1) is 15.2. The molecule has 2 atom stereocenters. The smallest absolute Gasteiger partial charge is 0.243 e. The molecular formula is C24H28FN5O2. The highest BCUT2D eigenvalue weighted by Gasteiger charge is 2.37. The van der Waals surface area contributed by atoms with Crippen LogP contribution in [0.3, 0.4) is 0 Å². The lowest BCUT2D eigenvalue weighted by Crippen LogP contribution is -2.51. The molecular weight excluding hydrogens is 409 g/mol. The quantitative estimate of drug-likeness (QED) is 0.409. The molecule has 1 aromatic heterocycles. The highest BCUT2D eigenvalue weighted by Crippen LogP contribution is 2.43. The van der Waals surface area contributed by atoms with Crippen LogP contribution in [0.1, 0.15) is 29.2 Å². The van der Waals surface area contributed by atoms with Crippen molar-refractivity contribution in [1.29, 1.82) is 0 Å². The second kappa shape index (κ2) is 8.55. The van der Waals surface area contributed by atoms with Crippen LogP contribution in [0, 0.1) is 31.8 Å². The van der Waals surface area contributed by atoms with E-state index in [0.717, 1.165) is 16.7 Å². The van der Waals surface area contributed by atoms with E-state index in [4.69, 9.17) is 4.98 Å². The van der Waals surface area contributed by atoms with Crippen LogP contribution in [0.2, 0.25) is 0 Å². The Morgan fingerprint density at radius 2 is 1.88 bits per heavy atom. The Kier molecular flexibility index (Phi) is 5.96. The first-order valence-electron chi connectivity index (χ1n) is 10.7. The van der Waals surface area contributed by atoms with E-state index < -0.39 is 4.65 Å². The molecule has 0 amide bonds. The first kappa shape index (κ1) is 22.3. The molecule has 168 valence electrons. The molecule has 7 nitrogen and oxygen atoms in total. The average molecular weight is 438 g/mol. The molecule has 1 aliphatic heterocycles. The number of benzene rings is 2. The fourth-order valence-electron chi connectivity index (χ4n) is 4.35. The van der Waals surface area contributed by atoms with Crippen molar-refractivity contribution in [2.24, 2.45) is 0 Å². The predicted octanol–water partition coefficient (Wildman–Crippen LogP) is 4.20. The van der Waals surface area contributed by atoms with Gasteiger partial charge in [0.25, 0.3) is 0 Å². The Hall–Kier alpha value is -2.91. The number of halogens is 1. The maximum Gasteiger partial charge on any atom is 0.243 e. The van der Waals surface area contributed by atoms with Gasteiger partial charge in [-0.1, -0.05) is 18.2 Å². The number of nitrogens with one attached hydrogen (secondary N) is 2. The van der Waals surface area contributed by atoms with Crippen molar-refractivity contribution >= 4 is 17.5 Å². The summed E-state index contributed by atoms with van der Waals surface area (Å²) in [5, 5.41) is 30.3. The van der Waals surface area contributed by atoms with Gasteiger partial charge in [0, 0.05) is 29.3 Å². The topological polar surface area (TPSA) is 93.1 Å². The SMILES string of the molecule is Cc1cc(F)ccc1-c1nc(N[C@@H](C)CO)nc2c1CNC[N+]2([O-])c1c(C)cccc1C. The lowest BCUT2D eigenvalue weighted by molar-refractivity contribution is 0.281. The van der Waals surface area contributed by atoms with Crippen LogP contribution in [-0.4, -0.2) is 34.4 Å². The van der Waals surface area contributed by atoms with Crippen LogP contribution in [0.25, 0.3) is 11.3 Å². The molecule has 4 rings (SSSR count). The van der Waals surface area contributed by atoms with Crippen molar-refractivity contribution in [2.45, 2.75) is 40.3 Å². The van der Waals surface area contributed by atoms with Crippen molar-refractivity contribution < 1.29 is 9.50 Å². The molecule has 1 unspecified atom stereocenters. The molecule has 3 aromatic rings. The molecule has 32 heavy (non-hydrogen) atoms. The lowest BCUT2D eigenvalue weighted by atomic mass is 9.99. The normalized spacial score (nSPS) is 18.8. The number of hydroxylamine groups is 1. The standard InChI is InChI=1S/C24H28FN5O2/c1-14-6-5-7-15(2)22(14)30(32)13-26-11-20-21(19-9-8-18(25)10-16(19)3)28-24(29-23(20)30)27-17(4)12-31/h5-10,17,26,31H,11-13H2,1-4H3,(H,27,28,29)/t17-,30?/m0/s1. The number of nitrogens with zero attached hydrogens (tertiary/aromatic N) is 3. The number of anilines is 1. The number of quaternary nitrogens is 1. The highest BCUT2D eigenvalue weighted by molar-refractivity contribution is 5.76. The van der Waals surface area contributed by atoms with Gasteiger partial charge in [-0.2, -0.15) is 4.98 Å². The van der Waals surface area contributed by atoms with Crippen LogP contribution in [-0.2, 0) is 6.54 Å². The van der Waals surface area contributed by atoms with E-state index >= 15 is 0 Å². The van der Waals surface area contributed by atoms with Gasteiger partial charge in [0.15, 0.2) is 0 Å². The molecule has 0 saturated carbocycles. The van der Waals surface area contributed by atoms with Gasteiger partial charge in [0.2, 0.25) is 11.8 Å². The summed E-state index contributed by atoms with van der Waals surface area (Å²) in [5.74, 6) is 0.280. The van der Waals surface area contributed by atoms with Crippen LogP contribution >= 0.6 is 0 Å². The average Bonchev–Trinajstić information content (AvgIpc) is 2.74. The zero-order chi connectivity index (χ0) is 23.0. The number of rotatable bonds is 5. The third kappa shape index (κ3) is 3.86. The number of aliphatic hydroxyl groups is 1. The number of aromatic nitrogens is 2. The number of para-hydroxylation sites is 1. The minimum atomic E-state index is -0.772. The summed E-state index contributed by atoms with van der Waals surface area (Å²) in [5.41, 5.74) is 5.12. The summed E-state index contributed by atoms with van der Waals surface area (Å²) >= 11 is 0. The zero-order valence-electron chi connectivity index (χ0n) is 18.7. The fraction of sp³-hybridized carbons (Fsp3) is 0.333. The number of hydrogen-bond acceptors (Lipinski definition) is 6. The van der Waals surface area contributed by atoms with Gasteiger partial charge in [0.05, 0.1) is 17.9 Å². The van der Waals surface area contributed by atoms with Crippen LogP contribution in [0.4, 0.5) is 21.8 Å². The molecule has 0 aliphatic carbocycles. The van der Waals surface area contributed by atoms with Crippen LogP contribution in [0.5, 0.6) is 0 Å². The van der Waals surface area contributed by atoms with Gasteiger partial charge in [-0.05, 0) is 51.5 Å². The van der Waals surface area contributed by atoms with E-state index in [2.05, 4.69) is 15.6 Å². The molecule has 0 fully saturated rings. The van der Waals surface area contributed by atoms with Crippen molar-refractivity contribution in [3.63, 3.8) is 0 Å². The second-order valence-electron chi connectivity index (χ2n) is 8.45. The maximum absolute atomic E-state index is 14.5. The number of aryl methyl sites for hydroxylation is 3. The first-order valence-corrected chi connectivity index (χ1v) is 10.7. The maximum atomic E-state index is 14.5. The lowest BCUT2D eigenvalue weighted by Gasteiger charge is -2.45. The Labute approximate surface area is 187 Å². The Morgan fingerprint density at radius 1 is 1.16 bits per heavy atom. The van der Waals surface area contributed by atoms with Crippen molar-refractivity contribution in [1.82, 2.24) is 19.9 Å². The predicted molar refractivity (Wildman–Crippen MR) is 125 cm³/mol. The Morgan fingerprint density at radius 3 is 2.53 bits per heavy atom. The zero-order valence-corrected chi connectivity index (χ0v) is 18.7.